The van der Waals surface area contributed by atoms with Crippen molar-refractivity contribution in [2.45, 2.75) is 25.4 Å². The van der Waals surface area contributed by atoms with Crippen molar-refractivity contribution >= 4 is 23.7 Å². The molecule has 0 aliphatic carbocycles. The Labute approximate surface area is 194 Å². The first-order valence-corrected chi connectivity index (χ1v) is 11.3. The van der Waals surface area contributed by atoms with Crippen molar-refractivity contribution in [3.05, 3.63) is 78.1 Å². The van der Waals surface area contributed by atoms with E-state index in [1.165, 1.54) is 5.57 Å². The van der Waals surface area contributed by atoms with Crippen LogP contribution in [0.25, 0.3) is 6.08 Å². The maximum Gasteiger partial charge on any atom is 0.246 e. The Morgan fingerprint density at radius 2 is 2.15 bits per heavy atom. The summed E-state index contributed by atoms with van der Waals surface area (Å²) in [6, 6.07) is 1.70. The van der Waals surface area contributed by atoms with Crippen molar-refractivity contribution in [1.29, 1.82) is 0 Å². The highest BCUT2D eigenvalue weighted by Crippen LogP contribution is 2.24. The standard InChI is InChI=1S/C26H30N4O3/c1-3-6-20(4-2)21-7-5-11-29(12-10-21)24(31)9-8-19-15-22-17-30-13-14-33-18-23(30)26(32)28-25(22)27-16-19/h3-4,6-9,15-16,23H,1-2,5,10-14,17-18H2,(H,27,28,32)/b9-8+,20-6+. The molecule has 0 aromatic carbocycles. The highest BCUT2D eigenvalue weighted by atomic mass is 16.5. The number of pyridine rings is 1. The van der Waals surface area contributed by atoms with Crippen LogP contribution >= 0.6 is 0 Å². The number of rotatable bonds is 5. The van der Waals surface area contributed by atoms with Crippen LogP contribution in [0.4, 0.5) is 5.82 Å². The molecule has 33 heavy (non-hydrogen) atoms. The molecule has 1 aromatic heterocycles. The Bertz CT molecular complexity index is 1040. The molecule has 1 saturated heterocycles. The van der Waals surface area contributed by atoms with Gasteiger partial charge in [0.25, 0.3) is 0 Å². The number of aromatic nitrogens is 1. The third kappa shape index (κ3) is 5.38. The van der Waals surface area contributed by atoms with Crippen LogP contribution in [0.15, 0.2) is 66.9 Å². The second-order valence-electron chi connectivity index (χ2n) is 8.32. The van der Waals surface area contributed by atoms with E-state index in [1.807, 2.05) is 23.1 Å². The summed E-state index contributed by atoms with van der Waals surface area (Å²) in [5, 5.41) is 2.90. The van der Waals surface area contributed by atoms with E-state index < -0.39 is 0 Å². The van der Waals surface area contributed by atoms with E-state index in [2.05, 4.69) is 34.4 Å². The number of ether oxygens (including phenoxy) is 1. The topological polar surface area (TPSA) is 74.8 Å². The molecule has 4 rings (SSSR count). The molecule has 1 N–H and O–H groups in total. The van der Waals surface area contributed by atoms with Gasteiger partial charge >= 0.3 is 0 Å². The third-order valence-electron chi connectivity index (χ3n) is 6.20. The molecule has 0 saturated carbocycles. The maximum absolute atomic E-state index is 12.8. The van der Waals surface area contributed by atoms with Crippen LogP contribution in [-0.2, 0) is 20.9 Å². The first kappa shape index (κ1) is 22.9. The van der Waals surface area contributed by atoms with Gasteiger partial charge in [-0.15, -0.1) is 0 Å². The molecule has 1 unspecified atom stereocenters. The molecule has 7 nitrogen and oxygen atoms in total. The Morgan fingerprint density at radius 1 is 1.27 bits per heavy atom. The second kappa shape index (κ2) is 10.6. The Morgan fingerprint density at radius 3 is 2.97 bits per heavy atom. The van der Waals surface area contributed by atoms with Gasteiger partial charge in [-0.3, -0.25) is 14.5 Å². The third-order valence-corrected chi connectivity index (χ3v) is 6.20. The number of amides is 2. The van der Waals surface area contributed by atoms with Gasteiger partial charge in [0.15, 0.2) is 0 Å². The fourth-order valence-electron chi connectivity index (χ4n) is 4.39. The first-order valence-electron chi connectivity index (χ1n) is 11.3. The van der Waals surface area contributed by atoms with E-state index >= 15 is 0 Å². The van der Waals surface area contributed by atoms with Gasteiger partial charge in [0.05, 0.1) is 13.2 Å². The highest BCUT2D eigenvalue weighted by molar-refractivity contribution is 5.96. The Hall–Kier alpha value is -3.29. The minimum atomic E-state index is -0.294. The lowest BCUT2D eigenvalue weighted by molar-refractivity contribution is -0.127. The zero-order valence-corrected chi connectivity index (χ0v) is 18.8. The van der Waals surface area contributed by atoms with Crippen LogP contribution in [0.3, 0.4) is 0 Å². The van der Waals surface area contributed by atoms with Gasteiger partial charge in [-0.25, -0.2) is 4.98 Å². The number of morpholine rings is 1. The lowest BCUT2D eigenvalue weighted by atomic mass is 10.0. The quantitative estimate of drug-likeness (QED) is 0.556. The smallest absolute Gasteiger partial charge is 0.246 e. The fourth-order valence-corrected chi connectivity index (χ4v) is 4.39. The highest BCUT2D eigenvalue weighted by Gasteiger charge is 2.33. The number of carbonyl (C=O) groups excluding carboxylic acids is 2. The zero-order chi connectivity index (χ0) is 23.2. The summed E-state index contributed by atoms with van der Waals surface area (Å²) in [4.78, 5) is 33.7. The van der Waals surface area contributed by atoms with E-state index in [1.54, 1.807) is 24.4 Å². The summed E-state index contributed by atoms with van der Waals surface area (Å²) in [7, 11) is 0. The van der Waals surface area contributed by atoms with Gasteiger partial charge < -0.3 is 15.0 Å². The minimum absolute atomic E-state index is 0.0195. The molecule has 3 aliphatic rings. The molecule has 1 atom stereocenters. The Balaban J connectivity index is 1.42. The molecule has 7 heteroatoms. The normalized spacial score (nSPS) is 21.9. The lowest BCUT2D eigenvalue weighted by Gasteiger charge is -2.32. The number of carbonyl (C=O) groups is 2. The van der Waals surface area contributed by atoms with E-state index in [9.17, 15) is 9.59 Å². The SMILES string of the molecule is C=C/C=C(\C=C)C1=CCCN(C(=O)/C=C/c2cnc3c(c2)CN2CCOCC2C(=O)N3)CC1. The molecular formula is C26H30N4O3. The molecule has 4 heterocycles. The molecule has 0 spiro atoms. The van der Waals surface area contributed by atoms with E-state index in [0.29, 0.717) is 45.2 Å². The maximum atomic E-state index is 12.8. The van der Waals surface area contributed by atoms with E-state index in [-0.39, 0.29) is 17.9 Å². The average Bonchev–Trinajstić information content (AvgIpc) is 3.16. The number of nitrogens with one attached hydrogen (secondary N) is 1. The van der Waals surface area contributed by atoms with Crippen LogP contribution in [0.2, 0.25) is 0 Å². The summed E-state index contributed by atoms with van der Waals surface area (Å²) in [5.74, 6) is 0.472. The van der Waals surface area contributed by atoms with Crippen LogP contribution < -0.4 is 5.32 Å². The monoisotopic (exact) mass is 446 g/mol. The molecule has 3 aliphatic heterocycles. The number of hydrogen-bond acceptors (Lipinski definition) is 5. The van der Waals surface area contributed by atoms with Gasteiger partial charge in [-0.1, -0.05) is 37.5 Å². The molecule has 1 aromatic rings. The molecule has 172 valence electrons. The summed E-state index contributed by atoms with van der Waals surface area (Å²) in [5.41, 5.74) is 4.03. The van der Waals surface area contributed by atoms with Crippen molar-refractivity contribution < 1.29 is 14.3 Å². The summed E-state index contributed by atoms with van der Waals surface area (Å²) >= 11 is 0. The Kier molecular flexibility index (Phi) is 7.32. The number of fused-ring (bicyclic) bond motifs is 2. The van der Waals surface area contributed by atoms with Crippen molar-refractivity contribution in [3.63, 3.8) is 0 Å². The predicted molar refractivity (Wildman–Crippen MR) is 129 cm³/mol. The van der Waals surface area contributed by atoms with Crippen molar-refractivity contribution in [2.24, 2.45) is 0 Å². The largest absolute Gasteiger partial charge is 0.378 e. The van der Waals surface area contributed by atoms with Crippen molar-refractivity contribution in [1.82, 2.24) is 14.8 Å². The summed E-state index contributed by atoms with van der Waals surface area (Å²) in [6.45, 7) is 11.3. The number of hydrogen-bond donors (Lipinski definition) is 1. The van der Waals surface area contributed by atoms with Gasteiger partial charge in [-0.2, -0.15) is 0 Å². The van der Waals surface area contributed by atoms with Crippen molar-refractivity contribution in [2.75, 3.05) is 38.2 Å². The number of allylic oxidation sites excluding steroid dienone is 4. The van der Waals surface area contributed by atoms with Gasteiger partial charge in [0.1, 0.15) is 11.9 Å². The fraction of sp³-hybridized carbons (Fsp3) is 0.346. The van der Waals surface area contributed by atoms with Crippen LogP contribution in [0, 0.1) is 0 Å². The average molecular weight is 447 g/mol. The minimum Gasteiger partial charge on any atom is -0.378 e. The number of anilines is 1. The molecule has 2 amide bonds. The molecular weight excluding hydrogens is 416 g/mol. The molecule has 1 fully saturated rings. The first-order chi connectivity index (χ1) is 16.1. The van der Waals surface area contributed by atoms with Crippen LogP contribution in [-0.4, -0.2) is 65.5 Å². The predicted octanol–water partition coefficient (Wildman–Crippen LogP) is 3.09. The van der Waals surface area contributed by atoms with Crippen molar-refractivity contribution in [3.8, 4) is 0 Å². The zero-order valence-electron chi connectivity index (χ0n) is 18.8. The molecule has 0 bridgehead atoms. The second-order valence-corrected chi connectivity index (χ2v) is 8.32. The molecule has 0 radical (unpaired) electrons. The summed E-state index contributed by atoms with van der Waals surface area (Å²) < 4.78 is 5.46. The van der Waals surface area contributed by atoms with Gasteiger partial charge in [0, 0.05) is 44.0 Å². The number of nitrogens with zero attached hydrogens (tertiary/aromatic N) is 3. The lowest BCUT2D eigenvalue weighted by Crippen LogP contribution is -2.49. The summed E-state index contributed by atoms with van der Waals surface area (Å²) in [6.07, 6.45) is 14.4. The van der Waals surface area contributed by atoms with Crippen LogP contribution in [0.5, 0.6) is 0 Å². The van der Waals surface area contributed by atoms with Crippen LogP contribution in [0.1, 0.15) is 24.0 Å². The van der Waals surface area contributed by atoms with E-state index in [0.717, 1.165) is 29.5 Å². The van der Waals surface area contributed by atoms with Gasteiger partial charge in [-0.05, 0) is 41.7 Å². The van der Waals surface area contributed by atoms with E-state index in [4.69, 9.17) is 4.74 Å². The van der Waals surface area contributed by atoms with Gasteiger partial charge in [0.2, 0.25) is 11.8 Å².